The van der Waals surface area contributed by atoms with E-state index in [-0.39, 0.29) is 19.6 Å². The van der Waals surface area contributed by atoms with Gasteiger partial charge in [0.1, 0.15) is 25.3 Å². The Bertz CT molecular complexity index is 941. The molecule has 2 amide bonds. The highest BCUT2D eigenvalue weighted by molar-refractivity contribution is 7.98. The lowest BCUT2D eigenvalue weighted by molar-refractivity contribution is -0.151. The molecule has 0 aromatic heterocycles. The minimum Gasteiger partial charge on any atom is -0.480 e. The van der Waals surface area contributed by atoms with Crippen LogP contribution in [0.15, 0.2) is 60.7 Å². The van der Waals surface area contributed by atoms with E-state index in [4.69, 9.17) is 9.47 Å². The summed E-state index contributed by atoms with van der Waals surface area (Å²) in [6.07, 6.45) is 0.727. The summed E-state index contributed by atoms with van der Waals surface area (Å²) in [7, 11) is 0. The van der Waals surface area contributed by atoms with Gasteiger partial charge in [-0.25, -0.2) is 9.59 Å². The Morgan fingerprint density at radius 1 is 0.853 bits per heavy atom. The zero-order valence-corrected chi connectivity index (χ0v) is 19.6. The molecule has 0 saturated carbocycles. The van der Waals surface area contributed by atoms with Crippen LogP contribution in [0, 0.1) is 0 Å². The number of hydrogen-bond donors (Lipinski definition) is 3. The van der Waals surface area contributed by atoms with Crippen molar-refractivity contribution in [2.45, 2.75) is 38.1 Å². The molecule has 2 aromatic carbocycles. The van der Waals surface area contributed by atoms with Gasteiger partial charge in [-0.05, 0) is 29.6 Å². The average molecular weight is 489 g/mol. The van der Waals surface area contributed by atoms with Crippen molar-refractivity contribution in [3.63, 3.8) is 0 Å². The van der Waals surface area contributed by atoms with Crippen molar-refractivity contribution >= 4 is 35.7 Å². The van der Waals surface area contributed by atoms with E-state index in [0.717, 1.165) is 11.1 Å². The van der Waals surface area contributed by atoms with Crippen molar-refractivity contribution in [3.8, 4) is 0 Å². The van der Waals surface area contributed by atoms with Crippen LogP contribution in [0.3, 0.4) is 0 Å². The molecule has 0 bridgehead atoms. The summed E-state index contributed by atoms with van der Waals surface area (Å²) < 4.78 is 10.3. The summed E-state index contributed by atoms with van der Waals surface area (Å²) >= 11 is 1.46. The molecule has 0 aliphatic rings. The lowest BCUT2D eigenvalue weighted by Crippen LogP contribution is -2.52. The second-order valence-electron chi connectivity index (χ2n) is 7.29. The average Bonchev–Trinajstić information content (AvgIpc) is 2.84. The molecule has 0 aliphatic heterocycles. The number of esters is 1. The molecule has 2 aromatic rings. The summed E-state index contributed by atoms with van der Waals surface area (Å²) in [5.41, 5.74) is 1.53. The standard InChI is InChI=1S/C24H28N2O7S/c1-34-13-12-19(26-24(31)33-16-18-10-6-3-7-11-18)22(28)25-20(23(29)30)14-21(27)32-15-17-8-4-2-5-9-17/h2-11,19-20H,12-16H2,1H3,(H,25,28)(H,26,31)(H,29,30)/t19-,20-/m0/s1. The lowest BCUT2D eigenvalue weighted by Gasteiger charge is -2.21. The number of carbonyl (C=O) groups is 4. The summed E-state index contributed by atoms with van der Waals surface area (Å²) in [5, 5.41) is 14.3. The van der Waals surface area contributed by atoms with Crippen molar-refractivity contribution in [2.24, 2.45) is 0 Å². The quantitative estimate of drug-likeness (QED) is 0.367. The van der Waals surface area contributed by atoms with E-state index in [1.807, 2.05) is 30.5 Å². The van der Waals surface area contributed by atoms with Gasteiger partial charge >= 0.3 is 18.0 Å². The zero-order valence-electron chi connectivity index (χ0n) is 18.8. The Hall–Kier alpha value is -3.53. The molecule has 3 N–H and O–H groups in total. The van der Waals surface area contributed by atoms with Gasteiger partial charge in [-0.2, -0.15) is 11.8 Å². The molecule has 0 spiro atoms. The number of carboxylic acid groups (broad SMARTS) is 1. The smallest absolute Gasteiger partial charge is 0.408 e. The van der Waals surface area contributed by atoms with E-state index in [2.05, 4.69) is 10.6 Å². The third kappa shape index (κ3) is 9.95. The maximum atomic E-state index is 12.7. The van der Waals surface area contributed by atoms with Crippen molar-refractivity contribution in [2.75, 3.05) is 12.0 Å². The summed E-state index contributed by atoms with van der Waals surface area (Å²) in [6, 6.07) is 15.4. The second-order valence-corrected chi connectivity index (χ2v) is 8.28. The van der Waals surface area contributed by atoms with E-state index in [0.29, 0.717) is 5.75 Å². The van der Waals surface area contributed by atoms with Gasteiger partial charge in [-0.15, -0.1) is 0 Å². The minimum absolute atomic E-state index is 0.00881. The molecule has 0 fully saturated rings. The number of carbonyl (C=O) groups excluding carboxylic acids is 3. The first-order chi connectivity index (χ1) is 16.4. The lowest BCUT2D eigenvalue weighted by atomic mass is 10.1. The number of rotatable bonds is 13. The van der Waals surface area contributed by atoms with E-state index in [9.17, 15) is 24.3 Å². The van der Waals surface area contributed by atoms with Crippen molar-refractivity contribution in [1.82, 2.24) is 10.6 Å². The number of amides is 2. The number of aliphatic carboxylic acids is 1. The molecule has 0 unspecified atom stereocenters. The largest absolute Gasteiger partial charge is 0.480 e. The third-order valence-corrected chi connectivity index (χ3v) is 5.30. The van der Waals surface area contributed by atoms with E-state index in [1.165, 1.54) is 11.8 Å². The van der Waals surface area contributed by atoms with Crippen LogP contribution in [0.25, 0.3) is 0 Å². The Morgan fingerprint density at radius 2 is 1.41 bits per heavy atom. The van der Waals surface area contributed by atoms with Crippen molar-refractivity contribution < 1.29 is 33.8 Å². The molecule has 2 rings (SSSR count). The second kappa shape index (κ2) is 14.6. The fourth-order valence-corrected chi connectivity index (χ4v) is 3.32. The predicted octanol–water partition coefficient (Wildman–Crippen LogP) is 2.74. The van der Waals surface area contributed by atoms with Crippen LogP contribution in [0.4, 0.5) is 4.79 Å². The topological polar surface area (TPSA) is 131 Å². The molecule has 0 saturated heterocycles. The first-order valence-electron chi connectivity index (χ1n) is 10.6. The van der Waals surface area contributed by atoms with Crippen LogP contribution in [0.5, 0.6) is 0 Å². The monoisotopic (exact) mass is 488 g/mol. The number of thioether (sulfide) groups is 1. The van der Waals surface area contributed by atoms with Crippen molar-refractivity contribution in [3.05, 3.63) is 71.8 Å². The Balaban J connectivity index is 1.90. The molecular weight excluding hydrogens is 460 g/mol. The normalized spacial score (nSPS) is 12.1. The van der Waals surface area contributed by atoms with Gasteiger partial charge in [0.05, 0.1) is 6.42 Å². The van der Waals surface area contributed by atoms with Crippen LogP contribution in [-0.4, -0.2) is 53.1 Å². The number of ether oxygens (including phenoxy) is 2. The van der Waals surface area contributed by atoms with E-state index < -0.39 is 42.4 Å². The van der Waals surface area contributed by atoms with Gasteiger partial charge < -0.3 is 25.2 Å². The first-order valence-corrected chi connectivity index (χ1v) is 12.0. The molecule has 9 nitrogen and oxygen atoms in total. The maximum absolute atomic E-state index is 12.7. The summed E-state index contributed by atoms with van der Waals surface area (Å²) in [4.78, 5) is 48.7. The highest BCUT2D eigenvalue weighted by atomic mass is 32.2. The predicted molar refractivity (Wildman–Crippen MR) is 127 cm³/mol. The molecule has 0 radical (unpaired) electrons. The van der Waals surface area contributed by atoms with E-state index >= 15 is 0 Å². The molecule has 0 heterocycles. The number of nitrogens with one attached hydrogen (secondary N) is 2. The van der Waals surface area contributed by atoms with Crippen LogP contribution in [0.1, 0.15) is 24.0 Å². The van der Waals surface area contributed by atoms with Gasteiger partial charge in [-0.1, -0.05) is 60.7 Å². The zero-order chi connectivity index (χ0) is 24.8. The Morgan fingerprint density at radius 3 is 1.94 bits per heavy atom. The SMILES string of the molecule is CSCC[C@H](NC(=O)OCc1ccccc1)C(=O)N[C@@H](CC(=O)OCc1ccccc1)C(=O)O. The summed E-state index contributed by atoms with van der Waals surface area (Å²) in [6.45, 7) is 0.0136. The van der Waals surface area contributed by atoms with Crippen LogP contribution < -0.4 is 10.6 Å². The number of alkyl carbamates (subject to hydrolysis) is 1. The van der Waals surface area contributed by atoms with Gasteiger partial charge in [0.2, 0.25) is 5.91 Å². The Kier molecular flexibility index (Phi) is 11.5. The third-order valence-electron chi connectivity index (χ3n) is 4.66. The summed E-state index contributed by atoms with van der Waals surface area (Å²) in [5.74, 6) is -2.35. The molecule has 182 valence electrons. The molecule has 2 atom stereocenters. The van der Waals surface area contributed by atoms with Gasteiger partial charge in [-0.3, -0.25) is 9.59 Å². The fraction of sp³-hybridized carbons (Fsp3) is 0.333. The van der Waals surface area contributed by atoms with Gasteiger partial charge in [0.25, 0.3) is 0 Å². The molecular formula is C24H28N2O7S. The van der Waals surface area contributed by atoms with E-state index in [1.54, 1.807) is 36.4 Å². The van der Waals surface area contributed by atoms with Gasteiger partial charge in [0, 0.05) is 0 Å². The van der Waals surface area contributed by atoms with Crippen molar-refractivity contribution in [1.29, 1.82) is 0 Å². The number of hydrogen-bond acceptors (Lipinski definition) is 7. The maximum Gasteiger partial charge on any atom is 0.408 e. The number of carboxylic acids is 1. The highest BCUT2D eigenvalue weighted by Crippen LogP contribution is 2.07. The minimum atomic E-state index is -1.50. The van der Waals surface area contributed by atoms with Crippen LogP contribution >= 0.6 is 11.8 Å². The number of benzene rings is 2. The molecule has 0 aliphatic carbocycles. The first kappa shape index (κ1) is 26.7. The highest BCUT2D eigenvalue weighted by Gasteiger charge is 2.29. The molecule has 10 heteroatoms. The fourth-order valence-electron chi connectivity index (χ4n) is 2.85. The van der Waals surface area contributed by atoms with Gasteiger partial charge in [0.15, 0.2) is 0 Å². The van der Waals surface area contributed by atoms with Crippen LogP contribution in [0.2, 0.25) is 0 Å². The van der Waals surface area contributed by atoms with Crippen LogP contribution in [-0.2, 0) is 37.1 Å². The Labute approximate surface area is 202 Å². The molecule has 34 heavy (non-hydrogen) atoms.